The Bertz CT molecular complexity index is 986. The average molecular weight is 423 g/mol. The van der Waals surface area contributed by atoms with Crippen LogP contribution in [0.5, 0.6) is 0 Å². The molecule has 0 radical (unpaired) electrons. The van der Waals surface area contributed by atoms with E-state index in [9.17, 15) is 40.3 Å². The predicted molar refractivity (Wildman–Crippen MR) is 89.1 cm³/mol. The monoisotopic (exact) mass is 423 g/mol. The molecule has 2 aromatic carbocycles. The summed E-state index contributed by atoms with van der Waals surface area (Å²) in [6, 6.07) is 5.24. The van der Waals surface area contributed by atoms with E-state index in [-0.39, 0.29) is 4.90 Å². The number of carbonyl (C=O) groups is 1. The molecule has 2 N–H and O–H groups in total. The number of carbonyl (C=O) groups excluding carboxylic acids is 1. The van der Waals surface area contributed by atoms with Gasteiger partial charge in [0.05, 0.1) is 16.2 Å². The summed E-state index contributed by atoms with van der Waals surface area (Å²) in [5, 5.41) is 12.1. The lowest BCUT2D eigenvalue weighted by Crippen LogP contribution is -2.45. The van der Waals surface area contributed by atoms with Crippen LogP contribution in [0, 0.1) is 11.6 Å². The van der Waals surface area contributed by atoms with Gasteiger partial charge < -0.3 is 10.4 Å². The number of hydrogen-bond acceptors (Lipinski definition) is 4. The Morgan fingerprint density at radius 1 is 1.07 bits per heavy atom. The lowest BCUT2D eigenvalue weighted by Gasteiger charge is -2.22. The van der Waals surface area contributed by atoms with Crippen LogP contribution in [0.2, 0.25) is 0 Å². The number of alkyl halides is 3. The largest absolute Gasteiger partial charge is 0.419 e. The zero-order chi connectivity index (χ0) is 21.3. The highest BCUT2D eigenvalue weighted by atomic mass is 32.2. The Kier molecular flexibility index (Phi) is 5.81. The van der Waals surface area contributed by atoms with E-state index in [1.165, 1.54) is 0 Å². The molecule has 11 heteroatoms. The highest BCUT2D eigenvalue weighted by Crippen LogP contribution is 2.33. The molecule has 0 aliphatic heterocycles. The molecule has 0 spiro atoms. The van der Waals surface area contributed by atoms with E-state index in [4.69, 9.17) is 0 Å². The summed E-state index contributed by atoms with van der Waals surface area (Å²) in [6.45, 7) is 0.845. The van der Waals surface area contributed by atoms with Gasteiger partial charge in [0.2, 0.25) is 0 Å². The third kappa shape index (κ3) is 5.04. The SMILES string of the molecule is CC(O)(CS(=O)(=O)c1ccc(F)cc1)C(=O)Nc1ccc(F)c(C(F)(F)F)c1. The molecule has 0 saturated heterocycles. The number of sulfone groups is 1. The first kappa shape index (κ1) is 21.8. The summed E-state index contributed by atoms with van der Waals surface area (Å²) in [4.78, 5) is 11.8. The third-order valence-corrected chi connectivity index (χ3v) is 5.60. The number of benzene rings is 2. The van der Waals surface area contributed by atoms with Crippen molar-refractivity contribution in [2.75, 3.05) is 11.1 Å². The molecule has 2 aromatic rings. The summed E-state index contributed by atoms with van der Waals surface area (Å²) < 4.78 is 89.0. The molecule has 2 rings (SSSR count). The van der Waals surface area contributed by atoms with E-state index >= 15 is 0 Å². The molecule has 0 aliphatic carbocycles. The second kappa shape index (κ2) is 7.47. The fraction of sp³-hybridized carbons (Fsp3) is 0.235. The van der Waals surface area contributed by atoms with Crippen LogP contribution in [0.15, 0.2) is 47.4 Å². The Morgan fingerprint density at radius 3 is 2.18 bits per heavy atom. The van der Waals surface area contributed by atoms with Crippen molar-refractivity contribution in [3.05, 3.63) is 59.7 Å². The van der Waals surface area contributed by atoms with Crippen LogP contribution in [0.3, 0.4) is 0 Å². The molecular weight excluding hydrogens is 409 g/mol. The Hall–Kier alpha value is -2.53. The zero-order valence-electron chi connectivity index (χ0n) is 14.2. The molecule has 28 heavy (non-hydrogen) atoms. The Balaban J connectivity index is 2.22. The molecule has 5 nitrogen and oxygen atoms in total. The summed E-state index contributed by atoms with van der Waals surface area (Å²) in [7, 11) is -4.23. The van der Waals surface area contributed by atoms with E-state index in [0.29, 0.717) is 12.1 Å². The van der Waals surface area contributed by atoms with E-state index in [1.807, 2.05) is 5.32 Å². The highest BCUT2D eigenvalue weighted by molar-refractivity contribution is 7.91. The fourth-order valence-electron chi connectivity index (χ4n) is 2.25. The molecule has 1 unspecified atom stereocenters. The summed E-state index contributed by atoms with van der Waals surface area (Å²) in [5.41, 5.74) is -4.66. The van der Waals surface area contributed by atoms with E-state index in [2.05, 4.69) is 0 Å². The number of aliphatic hydroxyl groups is 1. The first-order valence-corrected chi connectivity index (χ1v) is 9.26. The molecule has 0 aromatic heterocycles. The van der Waals surface area contributed by atoms with Crippen molar-refractivity contribution in [1.82, 2.24) is 0 Å². The second-order valence-electron chi connectivity index (χ2n) is 6.13. The topological polar surface area (TPSA) is 83.5 Å². The standard InChI is InChI=1S/C17H14F5NO4S/c1-16(25,9-28(26,27)12-5-2-10(18)3-6-12)15(24)23-11-4-7-14(19)13(8-11)17(20,21)22/h2-8,25H,9H2,1H3,(H,23,24). The van der Waals surface area contributed by atoms with E-state index < -0.39 is 56.2 Å². The lowest BCUT2D eigenvalue weighted by molar-refractivity contribution is -0.140. The summed E-state index contributed by atoms with van der Waals surface area (Å²) >= 11 is 0. The minimum atomic E-state index is -5.01. The maximum atomic E-state index is 13.3. The van der Waals surface area contributed by atoms with Crippen LogP contribution >= 0.6 is 0 Å². The van der Waals surface area contributed by atoms with Gasteiger partial charge in [0, 0.05) is 5.69 Å². The van der Waals surface area contributed by atoms with Crippen LogP contribution in [0.4, 0.5) is 27.6 Å². The number of rotatable bonds is 5. The van der Waals surface area contributed by atoms with E-state index in [0.717, 1.165) is 37.3 Å². The molecule has 0 saturated carbocycles. The molecular formula is C17H14F5NO4S. The minimum absolute atomic E-state index is 0.317. The molecule has 1 amide bonds. The number of hydrogen-bond donors (Lipinski definition) is 2. The van der Waals surface area contributed by atoms with Gasteiger partial charge in [0.1, 0.15) is 11.6 Å². The fourth-order valence-corrected chi connectivity index (χ4v) is 3.84. The van der Waals surface area contributed by atoms with E-state index in [1.54, 1.807) is 0 Å². The van der Waals surface area contributed by atoms with Gasteiger partial charge >= 0.3 is 6.18 Å². The molecule has 0 heterocycles. The van der Waals surface area contributed by atoms with Crippen LogP contribution in [-0.4, -0.2) is 30.8 Å². The van der Waals surface area contributed by atoms with Crippen molar-refractivity contribution in [3.63, 3.8) is 0 Å². The number of anilines is 1. The quantitative estimate of drug-likeness (QED) is 0.572. The van der Waals surface area contributed by atoms with Gasteiger partial charge in [-0.15, -0.1) is 0 Å². The van der Waals surface area contributed by atoms with Crippen molar-refractivity contribution in [2.24, 2.45) is 0 Å². The highest BCUT2D eigenvalue weighted by Gasteiger charge is 2.38. The third-order valence-electron chi connectivity index (χ3n) is 3.66. The summed E-state index contributed by atoms with van der Waals surface area (Å²) in [5.74, 6) is -4.69. The molecule has 0 fully saturated rings. The van der Waals surface area contributed by atoms with Gasteiger partial charge in [0.25, 0.3) is 5.91 Å². The van der Waals surface area contributed by atoms with Gasteiger partial charge in [-0.2, -0.15) is 13.2 Å². The molecule has 0 bridgehead atoms. The molecule has 152 valence electrons. The minimum Gasteiger partial charge on any atom is -0.379 e. The maximum absolute atomic E-state index is 13.3. The van der Waals surface area contributed by atoms with Crippen LogP contribution in [-0.2, 0) is 20.8 Å². The van der Waals surface area contributed by atoms with Crippen LogP contribution in [0.25, 0.3) is 0 Å². The smallest absolute Gasteiger partial charge is 0.379 e. The first-order valence-electron chi connectivity index (χ1n) is 7.61. The van der Waals surface area contributed by atoms with Crippen molar-refractivity contribution >= 4 is 21.4 Å². The second-order valence-corrected chi connectivity index (χ2v) is 8.12. The number of nitrogens with one attached hydrogen (secondary N) is 1. The first-order chi connectivity index (χ1) is 12.7. The van der Waals surface area contributed by atoms with Crippen LogP contribution in [0.1, 0.15) is 12.5 Å². The number of halogens is 5. The van der Waals surface area contributed by atoms with Gasteiger partial charge in [0.15, 0.2) is 15.4 Å². The normalized spacial score (nSPS) is 14.4. The maximum Gasteiger partial charge on any atom is 0.419 e. The van der Waals surface area contributed by atoms with Crippen molar-refractivity contribution in [3.8, 4) is 0 Å². The Morgan fingerprint density at radius 2 is 1.64 bits per heavy atom. The number of amides is 1. The average Bonchev–Trinajstić information content (AvgIpc) is 2.55. The predicted octanol–water partition coefficient (Wildman–Crippen LogP) is 3.15. The van der Waals surface area contributed by atoms with Gasteiger partial charge in [-0.1, -0.05) is 0 Å². The van der Waals surface area contributed by atoms with Crippen molar-refractivity contribution in [1.29, 1.82) is 0 Å². The van der Waals surface area contributed by atoms with Gasteiger partial charge in [-0.3, -0.25) is 4.79 Å². The van der Waals surface area contributed by atoms with Crippen molar-refractivity contribution < 1.29 is 40.3 Å². The summed E-state index contributed by atoms with van der Waals surface area (Å²) in [6.07, 6.45) is -5.01. The molecule has 1 atom stereocenters. The van der Waals surface area contributed by atoms with Crippen LogP contribution < -0.4 is 5.32 Å². The Labute approximate surface area is 156 Å². The lowest BCUT2D eigenvalue weighted by atomic mass is 10.1. The van der Waals surface area contributed by atoms with Gasteiger partial charge in [-0.25, -0.2) is 17.2 Å². The van der Waals surface area contributed by atoms with Crippen molar-refractivity contribution in [2.45, 2.75) is 23.6 Å². The zero-order valence-corrected chi connectivity index (χ0v) is 15.0. The van der Waals surface area contributed by atoms with Gasteiger partial charge in [-0.05, 0) is 49.4 Å². The molecule has 0 aliphatic rings.